The number of carbonyl (C=O) groups is 2. The van der Waals surface area contributed by atoms with Crippen LogP contribution in [0.4, 0.5) is 4.79 Å². The first kappa shape index (κ1) is 17.3. The van der Waals surface area contributed by atoms with Gasteiger partial charge in [0.15, 0.2) is 0 Å². The highest BCUT2D eigenvalue weighted by molar-refractivity contribution is 5.89. The van der Waals surface area contributed by atoms with Gasteiger partial charge < -0.3 is 20.0 Å². The molecule has 0 radical (unpaired) electrons. The summed E-state index contributed by atoms with van der Waals surface area (Å²) in [5, 5.41) is 6.71. The number of benzene rings is 1. The van der Waals surface area contributed by atoms with Crippen LogP contribution in [0, 0.1) is 6.92 Å². The maximum absolute atomic E-state index is 12.3. The SMILES string of the molecule is Cc1c(C(C)NC(=O)NC2CCN(C(C)C)C2=O)oc2ccccc12. The topological polar surface area (TPSA) is 74.6 Å². The summed E-state index contributed by atoms with van der Waals surface area (Å²) in [6.07, 6.45) is 0.641. The second-order valence-electron chi connectivity index (χ2n) is 6.89. The molecule has 1 aromatic carbocycles. The Morgan fingerprint density at radius 3 is 2.64 bits per heavy atom. The summed E-state index contributed by atoms with van der Waals surface area (Å²) in [5.74, 6) is 0.718. The van der Waals surface area contributed by atoms with Crippen LogP contribution in [-0.2, 0) is 4.79 Å². The Balaban J connectivity index is 1.64. The van der Waals surface area contributed by atoms with Crippen molar-refractivity contribution in [3.63, 3.8) is 0 Å². The molecule has 3 amide bonds. The van der Waals surface area contributed by atoms with Gasteiger partial charge in [0.05, 0.1) is 6.04 Å². The molecule has 1 aliphatic rings. The van der Waals surface area contributed by atoms with Crippen LogP contribution in [-0.4, -0.2) is 35.5 Å². The molecule has 6 nitrogen and oxygen atoms in total. The predicted molar refractivity (Wildman–Crippen MR) is 96.3 cm³/mol. The summed E-state index contributed by atoms with van der Waals surface area (Å²) in [6.45, 7) is 8.50. The zero-order valence-electron chi connectivity index (χ0n) is 15.1. The average molecular weight is 343 g/mol. The van der Waals surface area contributed by atoms with E-state index in [1.807, 2.05) is 52.0 Å². The minimum absolute atomic E-state index is 0.0160. The van der Waals surface area contributed by atoms with Crippen LogP contribution in [0.15, 0.2) is 28.7 Å². The third-order valence-corrected chi connectivity index (χ3v) is 4.79. The predicted octanol–water partition coefficient (Wildman–Crippen LogP) is 3.11. The average Bonchev–Trinajstić information content (AvgIpc) is 3.09. The largest absolute Gasteiger partial charge is 0.459 e. The van der Waals surface area contributed by atoms with Crippen molar-refractivity contribution in [3.8, 4) is 0 Å². The standard InChI is InChI=1S/C19H25N3O3/c1-11(2)22-10-9-15(18(22)23)21-19(24)20-13(4)17-12(3)14-7-5-6-8-16(14)25-17/h5-8,11,13,15H,9-10H2,1-4H3,(H2,20,21,24). The molecule has 2 atom stereocenters. The fourth-order valence-corrected chi connectivity index (χ4v) is 3.42. The number of hydrogen-bond donors (Lipinski definition) is 2. The molecule has 25 heavy (non-hydrogen) atoms. The molecule has 1 aromatic heterocycles. The molecule has 3 rings (SSSR count). The molecule has 0 bridgehead atoms. The van der Waals surface area contributed by atoms with E-state index in [-0.39, 0.29) is 24.0 Å². The third-order valence-electron chi connectivity index (χ3n) is 4.79. The molecule has 1 saturated heterocycles. The van der Waals surface area contributed by atoms with Crippen LogP contribution in [0.5, 0.6) is 0 Å². The number of nitrogens with zero attached hydrogens (tertiary/aromatic N) is 1. The monoisotopic (exact) mass is 343 g/mol. The van der Waals surface area contributed by atoms with E-state index in [4.69, 9.17) is 4.42 Å². The quantitative estimate of drug-likeness (QED) is 0.896. The molecule has 2 heterocycles. The molecule has 134 valence electrons. The van der Waals surface area contributed by atoms with E-state index >= 15 is 0 Å². The Hall–Kier alpha value is -2.50. The number of aryl methyl sites for hydroxylation is 1. The number of para-hydroxylation sites is 1. The van der Waals surface area contributed by atoms with Crippen molar-refractivity contribution >= 4 is 22.9 Å². The number of amides is 3. The molecule has 1 fully saturated rings. The lowest BCUT2D eigenvalue weighted by molar-refractivity contribution is -0.130. The van der Waals surface area contributed by atoms with Crippen molar-refractivity contribution < 1.29 is 14.0 Å². The van der Waals surface area contributed by atoms with E-state index in [2.05, 4.69) is 10.6 Å². The van der Waals surface area contributed by atoms with Crippen LogP contribution >= 0.6 is 0 Å². The van der Waals surface area contributed by atoms with Gasteiger partial charge in [0.2, 0.25) is 5.91 Å². The molecule has 0 saturated carbocycles. The van der Waals surface area contributed by atoms with Gasteiger partial charge in [0, 0.05) is 23.5 Å². The zero-order chi connectivity index (χ0) is 18.1. The summed E-state index contributed by atoms with van der Waals surface area (Å²) >= 11 is 0. The molecule has 0 aliphatic carbocycles. The van der Waals surface area contributed by atoms with E-state index in [1.54, 1.807) is 4.90 Å². The first-order chi connectivity index (χ1) is 11.9. The second kappa shape index (κ2) is 6.78. The number of nitrogens with one attached hydrogen (secondary N) is 2. The Kier molecular flexibility index (Phi) is 4.70. The maximum Gasteiger partial charge on any atom is 0.316 e. The Morgan fingerprint density at radius 1 is 1.28 bits per heavy atom. The highest BCUT2D eigenvalue weighted by atomic mass is 16.3. The van der Waals surface area contributed by atoms with Crippen molar-refractivity contribution in [2.24, 2.45) is 0 Å². The minimum atomic E-state index is -0.452. The van der Waals surface area contributed by atoms with Gasteiger partial charge in [-0.25, -0.2) is 4.79 Å². The van der Waals surface area contributed by atoms with Gasteiger partial charge in [0.25, 0.3) is 0 Å². The third kappa shape index (κ3) is 3.34. The Morgan fingerprint density at radius 2 is 2.00 bits per heavy atom. The first-order valence-corrected chi connectivity index (χ1v) is 8.74. The Bertz CT molecular complexity index is 796. The number of urea groups is 1. The number of likely N-dealkylation sites (tertiary alicyclic amines) is 1. The smallest absolute Gasteiger partial charge is 0.316 e. The summed E-state index contributed by atoms with van der Waals surface area (Å²) in [7, 11) is 0. The fraction of sp³-hybridized carbons (Fsp3) is 0.474. The molecule has 6 heteroatoms. The van der Waals surface area contributed by atoms with Crippen LogP contribution in [0.3, 0.4) is 0 Å². The lowest BCUT2D eigenvalue weighted by Crippen LogP contribution is -2.47. The number of fused-ring (bicyclic) bond motifs is 1. The lowest BCUT2D eigenvalue weighted by atomic mass is 10.1. The maximum atomic E-state index is 12.3. The molecule has 2 N–H and O–H groups in total. The summed E-state index contributed by atoms with van der Waals surface area (Å²) in [5.41, 5.74) is 1.83. The normalized spacial score (nSPS) is 18.8. The van der Waals surface area contributed by atoms with Gasteiger partial charge in [-0.2, -0.15) is 0 Å². The molecular weight excluding hydrogens is 318 g/mol. The van der Waals surface area contributed by atoms with Crippen LogP contribution in [0.25, 0.3) is 11.0 Å². The molecule has 2 unspecified atom stereocenters. The summed E-state index contributed by atoms with van der Waals surface area (Å²) in [4.78, 5) is 26.4. The van der Waals surface area contributed by atoms with Gasteiger partial charge in [-0.3, -0.25) is 4.79 Å². The van der Waals surface area contributed by atoms with Crippen molar-refractivity contribution in [1.29, 1.82) is 0 Å². The van der Waals surface area contributed by atoms with Gasteiger partial charge in [-0.15, -0.1) is 0 Å². The van der Waals surface area contributed by atoms with E-state index in [9.17, 15) is 9.59 Å². The fourth-order valence-electron chi connectivity index (χ4n) is 3.42. The van der Waals surface area contributed by atoms with Gasteiger partial charge >= 0.3 is 6.03 Å². The van der Waals surface area contributed by atoms with E-state index in [1.165, 1.54) is 0 Å². The number of hydrogen-bond acceptors (Lipinski definition) is 3. The Labute approximate surface area is 147 Å². The van der Waals surface area contributed by atoms with Gasteiger partial charge in [0.1, 0.15) is 17.4 Å². The number of furan rings is 1. The molecule has 1 aliphatic heterocycles. The van der Waals surface area contributed by atoms with Crippen molar-refractivity contribution in [2.75, 3.05) is 6.54 Å². The highest BCUT2D eigenvalue weighted by Crippen LogP contribution is 2.29. The zero-order valence-corrected chi connectivity index (χ0v) is 15.1. The lowest BCUT2D eigenvalue weighted by Gasteiger charge is -2.21. The molecular formula is C19H25N3O3. The van der Waals surface area contributed by atoms with E-state index in [0.29, 0.717) is 13.0 Å². The first-order valence-electron chi connectivity index (χ1n) is 8.74. The van der Waals surface area contributed by atoms with Crippen LogP contribution in [0.2, 0.25) is 0 Å². The van der Waals surface area contributed by atoms with E-state index in [0.717, 1.165) is 22.3 Å². The van der Waals surface area contributed by atoms with E-state index < -0.39 is 6.04 Å². The van der Waals surface area contributed by atoms with Crippen LogP contribution < -0.4 is 10.6 Å². The summed E-state index contributed by atoms with van der Waals surface area (Å²) in [6, 6.07) is 6.86. The summed E-state index contributed by atoms with van der Waals surface area (Å²) < 4.78 is 5.88. The number of rotatable bonds is 4. The minimum Gasteiger partial charge on any atom is -0.459 e. The number of carbonyl (C=O) groups excluding carboxylic acids is 2. The van der Waals surface area contributed by atoms with Crippen molar-refractivity contribution in [3.05, 3.63) is 35.6 Å². The van der Waals surface area contributed by atoms with Gasteiger partial charge in [-0.05, 0) is 40.2 Å². The van der Waals surface area contributed by atoms with Gasteiger partial charge in [-0.1, -0.05) is 18.2 Å². The molecule has 0 spiro atoms. The van der Waals surface area contributed by atoms with Crippen LogP contribution in [0.1, 0.15) is 44.6 Å². The van der Waals surface area contributed by atoms with Crippen molar-refractivity contribution in [2.45, 2.75) is 52.2 Å². The highest BCUT2D eigenvalue weighted by Gasteiger charge is 2.34. The second-order valence-corrected chi connectivity index (χ2v) is 6.89. The van der Waals surface area contributed by atoms with Crippen molar-refractivity contribution in [1.82, 2.24) is 15.5 Å². The molecule has 2 aromatic rings.